The van der Waals surface area contributed by atoms with Gasteiger partial charge in [-0.05, 0) is 26.3 Å². The topological polar surface area (TPSA) is 17.8 Å². The summed E-state index contributed by atoms with van der Waals surface area (Å²) in [5.41, 5.74) is -0.483. The van der Waals surface area contributed by atoms with Crippen molar-refractivity contribution < 1.29 is 13.2 Å². The van der Waals surface area contributed by atoms with Gasteiger partial charge in [0.05, 0.1) is 6.20 Å². The van der Waals surface area contributed by atoms with Gasteiger partial charge in [-0.1, -0.05) is 13.8 Å². The smallest absolute Gasteiger partial charge is 0.258 e. The fourth-order valence-corrected chi connectivity index (χ4v) is 1.19. The average Bonchev–Trinajstić information content (AvgIpc) is 2.50. The van der Waals surface area contributed by atoms with Crippen LogP contribution in [0.5, 0.6) is 0 Å². The van der Waals surface area contributed by atoms with Crippen molar-refractivity contribution in [2.45, 2.75) is 46.8 Å². The molecule has 2 nitrogen and oxygen atoms in total. The molecule has 1 aromatic rings. The van der Waals surface area contributed by atoms with Crippen LogP contribution < -0.4 is 0 Å². The molecule has 1 heterocycles. The first-order chi connectivity index (χ1) is 6.84. The Balaban J connectivity index is 0.000000921. The third-order valence-corrected chi connectivity index (χ3v) is 1.74. The van der Waals surface area contributed by atoms with Gasteiger partial charge in [0, 0.05) is 6.04 Å². The van der Waals surface area contributed by atoms with E-state index in [0.29, 0.717) is 0 Å². The predicted molar refractivity (Wildman–Crippen MR) is 53.7 cm³/mol. The molecule has 0 amide bonds. The maximum Gasteiger partial charge on any atom is 0.433 e. The highest BCUT2D eigenvalue weighted by Gasteiger charge is 2.37. The van der Waals surface area contributed by atoms with Crippen LogP contribution in [0.15, 0.2) is 6.20 Å². The molecule has 0 spiro atoms. The fourth-order valence-electron chi connectivity index (χ4n) is 1.19. The van der Waals surface area contributed by atoms with Gasteiger partial charge in [-0.2, -0.15) is 18.3 Å². The normalized spacial score (nSPS) is 11.3. The molecule has 88 valence electrons. The largest absolute Gasteiger partial charge is 0.433 e. The monoisotopic (exact) mass is 222 g/mol. The summed E-state index contributed by atoms with van der Waals surface area (Å²) in [6.45, 7) is 8.75. The van der Waals surface area contributed by atoms with Crippen molar-refractivity contribution in [2.24, 2.45) is 0 Å². The van der Waals surface area contributed by atoms with Gasteiger partial charge in [-0.3, -0.25) is 4.68 Å². The summed E-state index contributed by atoms with van der Waals surface area (Å²) in [7, 11) is 0. The highest BCUT2D eigenvalue weighted by Crippen LogP contribution is 2.32. The summed E-state index contributed by atoms with van der Waals surface area (Å²) in [5, 5.41) is 3.68. The summed E-state index contributed by atoms with van der Waals surface area (Å²) < 4.78 is 38.3. The lowest BCUT2D eigenvalue weighted by atomic mass is 10.2. The second kappa shape index (κ2) is 5.19. The number of nitrogens with zero attached hydrogens (tertiary/aromatic N) is 2. The molecule has 1 rings (SSSR count). The lowest BCUT2D eigenvalue weighted by Gasteiger charge is -2.13. The Labute approximate surface area is 88.1 Å². The van der Waals surface area contributed by atoms with E-state index in [1.807, 2.05) is 13.8 Å². The average molecular weight is 222 g/mol. The fraction of sp³-hybridized carbons (Fsp3) is 0.700. The van der Waals surface area contributed by atoms with Gasteiger partial charge in [-0.25, -0.2) is 0 Å². The van der Waals surface area contributed by atoms with Gasteiger partial charge in [0.15, 0.2) is 0 Å². The van der Waals surface area contributed by atoms with Crippen LogP contribution in [-0.4, -0.2) is 9.78 Å². The van der Waals surface area contributed by atoms with Gasteiger partial charge in [0.2, 0.25) is 0 Å². The molecule has 0 N–H and O–H groups in total. The Morgan fingerprint density at radius 3 is 2.00 bits per heavy atom. The van der Waals surface area contributed by atoms with E-state index < -0.39 is 11.9 Å². The number of alkyl halides is 3. The van der Waals surface area contributed by atoms with E-state index in [2.05, 4.69) is 5.10 Å². The molecule has 0 aliphatic rings. The Hall–Kier alpha value is -1.00. The van der Waals surface area contributed by atoms with Crippen molar-refractivity contribution in [1.29, 1.82) is 0 Å². The summed E-state index contributed by atoms with van der Waals surface area (Å²) >= 11 is 0. The van der Waals surface area contributed by atoms with Gasteiger partial charge >= 0.3 is 6.18 Å². The maximum absolute atomic E-state index is 12.4. The van der Waals surface area contributed by atoms with Crippen LogP contribution >= 0.6 is 0 Å². The molecule has 0 saturated carbocycles. The molecule has 0 fully saturated rings. The first-order valence-electron chi connectivity index (χ1n) is 4.95. The predicted octanol–water partition coefficient (Wildman–Crippen LogP) is 3.82. The second-order valence-electron chi connectivity index (χ2n) is 3.21. The van der Waals surface area contributed by atoms with Crippen molar-refractivity contribution in [3.8, 4) is 0 Å². The zero-order valence-electron chi connectivity index (χ0n) is 9.68. The van der Waals surface area contributed by atoms with Crippen molar-refractivity contribution >= 4 is 0 Å². The summed E-state index contributed by atoms with van der Waals surface area (Å²) in [6.07, 6.45) is -3.08. The van der Waals surface area contributed by atoms with E-state index >= 15 is 0 Å². The van der Waals surface area contributed by atoms with Crippen LogP contribution in [0.2, 0.25) is 0 Å². The van der Waals surface area contributed by atoms with Crippen molar-refractivity contribution in [2.75, 3.05) is 0 Å². The molecule has 0 saturated heterocycles. The van der Waals surface area contributed by atoms with Crippen LogP contribution in [0.4, 0.5) is 13.2 Å². The number of rotatable bonds is 1. The van der Waals surface area contributed by atoms with Gasteiger partial charge in [0.1, 0.15) is 5.69 Å². The number of hydrogen-bond acceptors (Lipinski definition) is 1. The van der Waals surface area contributed by atoms with Crippen LogP contribution in [0.25, 0.3) is 0 Å². The number of hydrogen-bond donors (Lipinski definition) is 0. The van der Waals surface area contributed by atoms with E-state index in [9.17, 15) is 13.2 Å². The molecule has 0 radical (unpaired) electrons. The van der Waals surface area contributed by atoms with Crippen molar-refractivity contribution in [3.05, 3.63) is 17.5 Å². The minimum absolute atomic E-state index is 0.168. The Morgan fingerprint density at radius 2 is 1.73 bits per heavy atom. The standard InChI is InChI=1S/C8H11F3N2.C2H6/c1-5(2)13-7(8(9,10)11)6(3)4-12-13;1-2/h4-5H,1-3H3;1-2H3. The maximum atomic E-state index is 12.4. The SMILES string of the molecule is CC.Cc1cnn(C(C)C)c1C(F)(F)F. The van der Waals surface area contributed by atoms with E-state index in [-0.39, 0.29) is 11.6 Å². The molecule has 1 aromatic heterocycles. The Kier molecular flexibility index (Phi) is 4.84. The van der Waals surface area contributed by atoms with Crippen molar-refractivity contribution in [3.63, 3.8) is 0 Å². The number of aryl methyl sites for hydroxylation is 1. The first kappa shape index (κ1) is 14.0. The zero-order chi connectivity index (χ0) is 12.2. The number of halogens is 3. The summed E-state index contributed by atoms with van der Waals surface area (Å²) in [4.78, 5) is 0. The van der Waals surface area contributed by atoms with Crippen LogP contribution in [0, 0.1) is 6.92 Å². The summed E-state index contributed by atoms with van der Waals surface area (Å²) in [5.74, 6) is 0. The molecule has 0 atom stereocenters. The minimum atomic E-state index is -4.31. The molecule has 0 unspecified atom stereocenters. The zero-order valence-corrected chi connectivity index (χ0v) is 9.68. The van der Waals surface area contributed by atoms with Gasteiger partial charge in [0.25, 0.3) is 0 Å². The molecule has 15 heavy (non-hydrogen) atoms. The molecule has 0 aliphatic carbocycles. The van der Waals surface area contributed by atoms with E-state index in [4.69, 9.17) is 0 Å². The van der Waals surface area contributed by atoms with E-state index in [1.165, 1.54) is 13.1 Å². The van der Waals surface area contributed by atoms with Crippen molar-refractivity contribution in [1.82, 2.24) is 9.78 Å². The van der Waals surface area contributed by atoms with Crippen LogP contribution in [0.1, 0.15) is 45.0 Å². The Bertz CT molecular complexity index is 300. The molecular weight excluding hydrogens is 205 g/mol. The molecular formula is C10H17F3N2. The first-order valence-corrected chi connectivity index (χ1v) is 4.95. The van der Waals surface area contributed by atoms with Crippen LogP contribution in [0.3, 0.4) is 0 Å². The quantitative estimate of drug-likeness (QED) is 0.706. The molecule has 0 aliphatic heterocycles. The van der Waals surface area contributed by atoms with E-state index in [0.717, 1.165) is 4.68 Å². The Morgan fingerprint density at radius 1 is 1.27 bits per heavy atom. The van der Waals surface area contributed by atoms with Crippen LogP contribution in [-0.2, 0) is 6.18 Å². The lowest BCUT2D eigenvalue weighted by Crippen LogP contribution is -2.17. The third kappa shape index (κ3) is 3.25. The minimum Gasteiger partial charge on any atom is -0.258 e. The summed E-state index contributed by atoms with van der Waals surface area (Å²) in [6, 6.07) is -0.273. The molecule has 0 aromatic carbocycles. The molecule has 0 bridgehead atoms. The lowest BCUT2D eigenvalue weighted by molar-refractivity contribution is -0.145. The molecule has 5 heteroatoms. The highest BCUT2D eigenvalue weighted by molar-refractivity contribution is 5.19. The second-order valence-corrected chi connectivity index (χ2v) is 3.21. The third-order valence-electron chi connectivity index (χ3n) is 1.74. The van der Waals surface area contributed by atoms with Gasteiger partial charge < -0.3 is 0 Å². The van der Waals surface area contributed by atoms with E-state index in [1.54, 1.807) is 13.8 Å². The highest BCUT2D eigenvalue weighted by atomic mass is 19.4. The number of aromatic nitrogens is 2. The van der Waals surface area contributed by atoms with Gasteiger partial charge in [-0.15, -0.1) is 0 Å².